The number of anilines is 1. The summed E-state index contributed by atoms with van der Waals surface area (Å²) in [4.78, 5) is 17.1. The van der Waals surface area contributed by atoms with E-state index >= 15 is 0 Å². The maximum Gasteiger partial charge on any atom is 0.337 e. The summed E-state index contributed by atoms with van der Waals surface area (Å²) in [5.41, 5.74) is 0.227. The van der Waals surface area contributed by atoms with E-state index in [1.807, 2.05) is 0 Å². The van der Waals surface area contributed by atoms with Gasteiger partial charge >= 0.3 is 5.97 Å². The standard InChI is InChI=1S/C11H12N2O3/c14-11(15)7-1-2-10(12-4-7)13-8-3-9(13)6-16-5-8/h1-2,4,8-9H,3,5-6H2,(H,14,15)/t8-,9-/m1/s1. The second-order valence-corrected chi connectivity index (χ2v) is 4.20. The van der Waals surface area contributed by atoms with Crippen LogP contribution < -0.4 is 4.90 Å². The number of morpholine rings is 1. The van der Waals surface area contributed by atoms with Crippen LogP contribution in [0.3, 0.4) is 0 Å². The number of pyridine rings is 1. The number of carboxylic acids is 1. The van der Waals surface area contributed by atoms with E-state index in [2.05, 4.69) is 9.88 Å². The van der Waals surface area contributed by atoms with Gasteiger partial charge in [0.1, 0.15) is 5.82 Å². The minimum absolute atomic E-state index is 0.227. The topological polar surface area (TPSA) is 62.7 Å². The number of hydrogen-bond acceptors (Lipinski definition) is 4. The predicted molar refractivity (Wildman–Crippen MR) is 56.7 cm³/mol. The number of aromatic nitrogens is 1. The van der Waals surface area contributed by atoms with Gasteiger partial charge in [-0.1, -0.05) is 0 Å². The lowest BCUT2D eigenvalue weighted by molar-refractivity contribution is 0.00969. The van der Waals surface area contributed by atoms with Crippen LogP contribution in [-0.2, 0) is 4.74 Å². The van der Waals surface area contributed by atoms with Gasteiger partial charge in [0, 0.05) is 6.20 Å². The normalized spacial score (nSPS) is 27.4. The highest BCUT2D eigenvalue weighted by atomic mass is 16.5. The van der Waals surface area contributed by atoms with Crippen molar-refractivity contribution in [1.29, 1.82) is 0 Å². The predicted octanol–water partition coefficient (Wildman–Crippen LogP) is 0.757. The van der Waals surface area contributed by atoms with Gasteiger partial charge in [0.25, 0.3) is 0 Å². The molecule has 3 heterocycles. The first kappa shape index (κ1) is 9.59. The number of aromatic carboxylic acids is 1. The average Bonchev–Trinajstić information content (AvgIpc) is 2.30. The fraction of sp³-hybridized carbons (Fsp3) is 0.455. The van der Waals surface area contributed by atoms with Crippen LogP contribution in [0.15, 0.2) is 18.3 Å². The van der Waals surface area contributed by atoms with Crippen LogP contribution in [0.25, 0.3) is 0 Å². The van der Waals surface area contributed by atoms with Crippen LogP contribution >= 0.6 is 0 Å². The molecule has 2 aliphatic heterocycles. The molecule has 0 aliphatic carbocycles. The van der Waals surface area contributed by atoms with Gasteiger partial charge < -0.3 is 14.7 Å². The van der Waals surface area contributed by atoms with Gasteiger partial charge in [-0.15, -0.1) is 0 Å². The zero-order chi connectivity index (χ0) is 11.1. The Morgan fingerprint density at radius 2 is 2.19 bits per heavy atom. The number of rotatable bonds is 2. The molecule has 1 N–H and O–H groups in total. The summed E-state index contributed by atoms with van der Waals surface area (Å²) in [6, 6.07) is 4.21. The molecule has 5 heteroatoms. The van der Waals surface area contributed by atoms with Crippen molar-refractivity contribution in [2.75, 3.05) is 18.1 Å². The number of fused-ring (bicyclic) bond motifs is 2. The van der Waals surface area contributed by atoms with Crippen molar-refractivity contribution >= 4 is 11.8 Å². The van der Waals surface area contributed by atoms with Gasteiger partial charge in [0.15, 0.2) is 0 Å². The number of hydrogen-bond donors (Lipinski definition) is 1. The minimum atomic E-state index is -0.939. The fourth-order valence-corrected chi connectivity index (χ4v) is 2.38. The first-order chi connectivity index (χ1) is 7.75. The highest BCUT2D eigenvalue weighted by Gasteiger charge is 2.42. The first-order valence-electron chi connectivity index (χ1n) is 5.31. The molecule has 2 fully saturated rings. The molecule has 2 saturated heterocycles. The lowest BCUT2D eigenvalue weighted by Crippen LogP contribution is -2.64. The average molecular weight is 220 g/mol. The van der Waals surface area contributed by atoms with Crippen LogP contribution in [0.4, 0.5) is 5.82 Å². The zero-order valence-corrected chi connectivity index (χ0v) is 8.67. The van der Waals surface area contributed by atoms with Crippen LogP contribution in [-0.4, -0.2) is 41.4 Å². The maximum atomic E-state index is 10.7. The Bertz CT molecular complexity index is 404. The summed E-state index contributed by atoms with van der Waals surface area (Å²) >= 11 is 0. The molecule has 2 aliphatic rings. The molecule has 2 bridgehead atoms. The summed E-state index contributed by atoms with van der Waals surface area (Å²) in [6.07, 6.45) is 2.56. The van der Waals surface area contributed by atoms with Crippen LogP contribution in [0.2, 0.25) is 0 Å². The molecule has 0 aromatic carbocycles. The van der Waals surface area contributed by atoms with Gasteiger partial charge in [-0.2, -0.15) is 0 Å². The van der Waals surface area contributed by atoms with Crippen molar-refractivity contribution in [2.24, 2.45) is 0 Å². The lowest BCUT2D eigenvalue weighted by atomic mass is 9.91. The highest BCUT2D eigenvalue weighted by molar-refractivity contribution is 5.87. The quantitative estimate of drug-likeness (QED) is 0.797. The third kappa shape index (κ3) is 1.36. The monoisotopic (exact) mass is 220 g/mol. The van der Waals surface area contributed by atoms with Crippen molar-refractivity contribution in [3.63, 3.8) is 0 Å². The van der Waals surface area contributed by atoms with Crippen molar-refractivity contribution in [3.8, 4) is 0 Å². The van der Waals surface area contributed by atoms with Crippen LogP contribution in [0, 0.1) is 0 Å². The number of ether oxygens (including phenoxy) is 1. The van der Waals surface area contributed by atoms with E-state index in [4.69, 9.17) is 9.84 Å². The molecule has 0 radical (unpaired) electrons. The molecule has 0 saturated carbocycles. The second kappa shape index (κ2) is 3.45. The summed E-state index contributed by atoms with van der Waals surface area (Å²) in [5, 5.41) is 8.77. The number of carboxylic acid groups (broad SMARTS) is 1. The minimum Gasteiger partial charge on any atom is -0.478 e. The summed E-state index contributed by atoms with van der Waals surface area (Å²) in [6.45, 7) is 1.50. The molecule has 1 aromatic heterocycles. The zero-order valence-electron chi connectivity index (χ0n) is 8.67. The van der Waals surface area contributed by atoms with Gasteiger partial charge in [-0.25, -0.2) is 9.78 Å². The molecule has 0 amide bonds. The molecule has 3 rings (SSSR count). The summed E-state index contributed by atoms with van der Waals surface area (Å²) < 4.78 is 5.38. The third-order valence-electron chi connectivity index (χ3n) is 3.21. The van der Waals surface area contributed by atoms with E-state index in [9.17, 15) is 4.79 Å². The van der Waals surface area contributed by atoms with Crippen molar-refractivity contribution in [3.05, 3.63) is 23.9 Å². The molecule has 1 aromatic rings. The van der Waals surface area contributed by atoms with Gasteiger partial charge in [-0.05, 0) is 18.6 Å². The summed E-state index contributed by atoms with van der Waals surface area (Å²) in [7, 11) is 0. The Labute approximate surface area is 92.7 Å². The largest absolute Gasteiger partial charge is 0.478 e. The third-order valence-corrected chi connectivity index (χ3v) is 3.21. The second-order valence-electron chi connectivity index (χ2n) is 4.20. The molecular formula is C11H12N2O3. The number of carbonyl (C=O) groups is 1. The molecule has 5 nitrogen and oxygen atoms in total. The Morgan fingerprint density at radius 3 is 2.69 bits per heavy atom. The van der Waals surface area contributed by atoms with Crippen molar-refractivity contribution in [1.82, 2.24) is 4.98 Å². The van der Waals surface area contributed by atoms with Gasteiger partial charge in [0.2, 0.25) is 0 Å². The smallest absolute Gasteiger partial charge is 0.337 e. The maximum absolute atomic E-state index is 10.7. The lowest BCUT2D eigenvalue weighted by Gasteiger charge is -2.53. The van der Waals surface area contributed by atoms with E-state index in [1.165, 1.54) is 6.20 Å². The molecule has 0 spiro atoms. The van der Waals surface area contributed by atoms with Gasteiger partial charge in [0.05, 0.1) is 30.9 Å². The van der Waals surface area contributed by atoms with E-state index in [1.54, 1.807) is 12.1 Å². The molecule has 0 unspecified atom stereocenters. The van der Waals surface area contributed by atoms with Crippen molar-refractivity contribution in [2.45, 2.75) is 18.5 Å². The Hall–Kier alpha value is -1.62. The van der Waals surface area contributed by atoms with E-state index in [0.29, 0.717) is 12.1 Å². The van der Waals surface area contributed by atoms with Gasteiger partial charge in [-0.3, -0.25) is 0 Å². The molecule has 16 heavy (non-hydrogen) atoms. The molecule has 84 valence electrons. The summed E-state index contributed by atoms with van der Waals surface area (Å²) in [5.74, 6) is -0.0827. The van der Waals surface area contributed by atoms with E-state index in [-0.39, 0.29) is 5.56 Å². The Morgan fingerprint density at radius 1 is 1.44 bits per heavy atom. The Balaban J connectivity index is 1.82. The number of nitrogens with zero attached hydrogens (tertiary/aromatic N) is 2. The SMILES string of the molecule is O=C(O)c1ccc(N2[C@H]3COC[C@H]2C3)nc1. The fourth-order valence-electron chi connectivity index (χ4n) is 2.38. The van der Waals surface area contributed by atoms with E-state index < -0.39 is 5.97 Å². The molecular weight excluding hydrogens is 208 g/mol. The van der Waals surface area contributed by atoms with E-state index in [0.717, 1.165) is 25.5 Å². The molecule has 2 atom stereocenters. The van der Waals surface area contributed by atoms with Crippen molar-refractivity contribution < 1.29 is 14.6 Å². The highest BCUT2D eigenvalue weighted by Crippen LogP contribution is 2.34. The Kier molecular flexibility index (Phi) is 2.07. The van der Waals surface area contributed by atoms with Crippen LogP contribution in [0.1, 0.15) is 16.8 Å². The van der Waals surface area contributed by atoms with Crippen LogP contribution in [0.5, 0.6) is 0 Å². The first-order valence-corrected chi connectivity index (χ1v) is 5.31.